The molecule has 2 rings (SSSR count). The van der Waals surface area contributed by atoms with Gasteiger partial charge in [-0.15, -0.1) is 12.4 Å². The van der Waals surface area contributed by atoms with Crippen molar-refractivity contribution in [2.45, 2.75) is 23.8 Å². The first-order chi connectivity index (χ1) is 12.8. The first kappa shape index (κ1) is 23.9. The molecule has 6 nitrogen and oxygen atoms in total. The highest BCUT2D eigenvalue weighted by atomic mass is 35.5. The molecule has 0 heterocycles. The van der Waals surface area contributed by atoms with Crippen LogP contribution in [0.2, 0.25) is 0 Å². The largest absolute Gasteiger partial charge is 0.493 e. The molecule has 0 aliphatic heterocycles. The van der Waals surface area contributed by atoms with E-state index in [1.807, 2.05) is 30.3 Å². The SMILES string of the molecule is CN(CCCOc1cccc(S(C)(=O)=O)c1)C(=O)CC(N)c1ccccc1.Cl. The van der Waals surface area contributed by atoms with E-state index in [4.69, 9.17) is 10.5 Å². The Labute approximate surface area is 173 Å². The van der Waals surface area contributed by atoms with Crippen LogP contribution in [-0.2, 0) is 14.6 Å². The third-order valence-electron chi connectivity index (χ3n) is 4.19. The van der Waals surface area contributed by atoms with Crippen LogP contribution in [-0.4, -0.2) is 45.7 Å². The van der Waals surface area contributed by atoms with Gasteiger partial charge in [0.2, 0.25) is 5.91 Å². The van der Waals surface area contributed by atoms with E-state index in [1.165, 1.54) is 12.1 Å². The fourth-order valence-electron chi connectivity index (χ4n) is 2.57. The Kier molecular flexibility index (Phi) is 9.45. The monoisotopic (exact) mass is 426 g/mol. The van der Waals surface area contributed by atoms with Crippen molar-refractivity contribution in [2.24, 2.45) is 5.73 Å². The van der Waals surface area contributed by atoms with Crippen LogP contribution in [0.5, 0.6) is 5.75 Å². The molecule has 0 fully saturated rings. The van der Waals surface area contributed by atoms with E-state index in [2.05, 4.69) is 0 Å². The molecule has 8 heteroatoms. The summed E-state index contributed by atoms with van der Waals surface area (Å²) >= 11 is 0. The second-order valence-corrected chi connectivity index (χ2v) is 8.50. The Bertz CT molecular complexity index is 860. The van der Waals surface area contributed by atoms with Crippen LogP contribution in [0.1, 0.15) is 24.4 Å². The van der Waals surface area contributed by atoms with E-state index in [0.29, 0.717) is 25.3 Å². The Balaban J connectivity index is 0.00000392. The normalized spacial score (nSPS) is 12.0. The number of benzene rings is 2. The number of carbonyl (C=O) groups excluding carboxylic acids is 1. The number of sulfone groups is 1. The van der Waals surface area contributed by atoms with Crippen molar-refractivity contribution in [1.29, 1.82) is 0 Å². The molecule has 0 saturated carbocycles. The van der Waals surface area contributed by atoms with E-state index in [9.17, 15) is 13.2 Å². The number of nitrogens with two attached hydrogens (primary N) is 1. The zero-order valence-electron chi connectivity index (χ0n) is 16.1. The molecule has 2 aromatic rings. The third-order valence-corrected chi connectivity index (χ3v) is 5.30. The van der Waals surface area contributed by atoms with Gasteiger partial charge in [-0.05, 0) is 30.2 Å². The first-order valence-electron chi connectivity index (χ1n) is 8.75. The molecule has 0 spiro atoms. The lowest BCUT2D eigenvalue weighted by atomic mass is 10.0. The second kappa shape index (κ2) is 11.0. The average Bonchev–Trinajstić information content (AvgIpc) is 2.65. The molecule has 2 aromatic carbocycles. The summed E-state index contributed by atoms with van der Waals surface area (Å²) < 4.78 is 28.7. The van der Waals surface area contributed by atoms with Crippen LogP contribution in [0, 0.1) is 0 Å². The predicted octanol–water partition coefficient (Wildman–Crippen LogP) is 2.83. The molecule has 0 aliphatic carbocycles. The van der Waals surface area contributed by atoms with Gasteiger partial charge in [-0.1, -0.05) is 36.4 Å². The van der Waals surface area contributed by atoms with Gasteiger partial charge in [0.1, 0.15) is 5.75 Å². The number of carbonyl (C=O) groups is 1. The molecule has 1 unspecified atom stereocenters. The summed E-state index contributed by atoms with van der Waals surface area (Å²) in [7, 11) is -1.52. The fourth-order valence-corrected chi connectivity index (χ4v) is 3.23. The van der Waals surface area contributed by atoms with Crippen LogP contribution in [0.4, 0.5) is 0 Å². The average molecular weight is 427 g/mol. The van der Waals surface area contributed by atoms with Crippen molar-refractivity contribution in [2.75, 3.05) is 26.5 Å². The number of nitrogens with zero attached hydrogens (tertiary/aromatic N) is 1. The lowest BCUT2D eigenvalue weighted by Crippen LogP contribution is -2.31. The molecule has 0 aliphatic rings. The Morgan fingerprint density at radius 1 is 1.14 bits per heavy atom. The predicted molar refractivity (Wildman–Crippen MR) is 113 cm³/mol. The van der Waals surface area contributed by atoms with Crippen molar-refractivity contribution in [1.82, 2.24) is 4.90 Å². The minimum Gasteiger partial charge on any atom is -0.493 e. The summed E-state index contributed by atoms with van der Waals surface area (Å²) in [6, 6.07) is 15.6. The molecule has 1 atom stereocenters. The summed E-state index contributed by atoms with van der Waals surface area (Å²) in [6.45, 7) is 0.918. The van der Waals surface area contributed by atoms with Crippen molar-refractivity contribution in [3.8, 4) is 5.75 Å². The smallest absolute Gasteiger partial charge is 0.224 e. The lowest BCUT2D eigenvalue weighted by molar-refractivity contribution is -0.130. The zero-order valence-corrected chi connectivity index (χ0v) is 17.7. The van der Waals surface area contributed by atoms with E-state index >= 15 is 0 Å². The summed E-state index contributed by atoms with van der Waals surface area (Å²) in [4.78, 5) is 14.1. The van der Waals surface area contributed by atoms with E-state index < -0.39 is 9.84 Å². The number of ether oxygens (including phenoxy) is 1. The molecule has 28 heavy (non-hydrogen) atoms. The zero-order chi connectivity index (χ0) is 19.9. The van der Waals surface area contributed by atoms with Crippen molar-refractivity contribution in [3.05, 3.63) is 60.2 Å². The summed E-state index contributed by atoms with van der Waals surface area (Å²) in [5, 5.41) is 0. The van der Waals surface area contributed by atoms with E-state index in [0.717, 1.165) is 11.8 Å². The quantitative estimate of drug-likeness (QED) is 0.622. The molecule has 2 N–H and O–H groups in total. The molecule has 154 valence electrons. The molecular formula is C20H27ClN2O4S. The maximum atomic E-state index is 12.3. The van der Waals surface area contributed by atoms with Crippen molar-refractivity contribution < 1.29 is 17.9 Å². The minimum atomic E-state index is -3.26. The maximum absolute atomic E-state index is 12.3. The van der Waals surface area contributed by atoms with Gasteiger partial charge in [0.15, 0.2) is 9.84 Å². The molecular weight excluding hydrogens is 400 g/mol. The number of hydrogen-bond acceptors (Lipinski definition) is 5. The van der Waals surface area contributed by atoms with Gasteiger partial charge in [0, 0.05) is 32.3 Å². The summed E-state index contributed by atoms with van der Waals surface area (Å²) in [5.41, 5.74) is 7.03. The van der Waals surface area contributed by atoms with Crippen LogP contribution in [0.25, 0.3) is 0 Å². The molecule has 0 saturated heterocycles. The minimum absolute atomic E-state index is 0. The number of halogens is 1. The summed E-state index contributed by atoms with van der Waals surface area (Å²) in [5.74, 6) is 0.475. The van der Waals surface area contributed by atoms with Crippen LogP contribution >= 0.6 is 12.4 Å². The number of amides is 1. The summed E-state index contributed by atoms with van der Waals surface area (Å²) in [6.07, 6.45) is 2.04. The Morgan fingerprint density at radius 2 is 1.82 bits per heavy atom. The van der Waals surface area contributed by atoms with Gasteiger partial charge in [-0.2, -0.15) is 0 Å². The standard InChI is InChI=1S/C20H26N2O4S.ClH/c1-22(20(23)15-19(21)16-8-4-3-5-9-16)12-7-13-26-17-10-6-11-18(14-17)27(2,24)25;/h3-6,8-11,14,19H,7,12-13,15,21H2,1-2H3;1H. The highest BCUT2D eigenvalue weighted by molar-refractivity contribution is 7.90. The second-order valence-electron chi connectivity index (χ2n) is 6.49. The molecule has 0 radical (unpaired) electrons. The number of rotatable bonds is 9. The number of hydrogen-bond donors (Lipinski definition) is 1. The van der Waals surface area contributed by atoms with Crippen LogP contribution in [0.3, 0.4) is 0 Å². The van der Waals surface area contributed by atoms with E-state index in [-0.39, 0.29) is 35.7 Å². The fraction of sp³-hybridized carbons (Fsp3) is 0.350. The molecule has 0 aromatic heterocycles. The topological polar surface area (TPSA) is 89.7 Å². The highest BCUT2D eigenvalue weighted by Gasteiger charge is 2.15. The maximum Gasteiger partial charge on any atom is 0.224 e. The molecule has 0 bridgehead atoms. The van der Waals surface area contributed by atoms with Gasteiger partial charge in [0.05, 0.1) is 11.5 Å². The Morgan fingerprint density at radius 3 is 2.46 bits per heavy atom. The van der Waals surface area contributed by atoms with Gasteiger partial charge in [-0.3, -0.25) is 4.79 Å². The van der Waals surface area contributed by atoms with Crippen molar-refractivity contribution in [3.63, 3.8) is 0 Å². The van der Waals surface area contributed by atoms with Gasteiger partial charge in [0.25, 0.3) is 0 Å². The van der Waals surface area contributed by atoms with Gasteiger partial charge < -0.3 is 15.4 Å². The van der Waals surface area contributed by atoms with Crippen molar-refractivity contribution >= 4 is 28.2 Å². The lowest BCUT2D eigenvalue weighted by Gasteiger charge is -2.20. The Hall–Kier alpha value is -2.09. The van der Waals surface area contributed by atoms with Crippen LogP contribution in [0.15, 0.2) is 59.5 Å². The van der Waals surface area contributed by atoms with Crippen LogP contribution < -0.4 is 10.5 Å². The van der Waals surface area contributed by atoms with Gasteiger partial charge >= 0.3 is 0 Å². The van der Waals surface area contributed by atoms with E-state index in [1.54, 1.807) is 24.1 Å². The van der Waals surface area contributed by atoms with Gasteiger partial charge in [-0.25, -0.2) is 8.42 Å². The highest BCUT2D eigenvalue weighted by Crippen LogP contribution is 2.18. The first-order valence-corrected chi connectivity index (χ1v) is 10.6. The third kappa shape index (κ3) is 7.50. The molecule has 1 amide bonds.